The summed E-state index contributed by atoms with van der Waals surface area (Å²) in [5.41, 5.74) is 2.13. The van der Waals surface area contributed by atoms with E-state index >= 15 is 0 Å². The molecule has 4 nitrogen and oxygen atoms in total. The number of ether oxygens (including phenoxy) is 1. The molecule has 0 aromatic heterocycles. The summed E-state index contributed by atoms with van der Waals surface area (Å²) in [6, 6.07) is 8.62. The maximum absolute atomic E-state index is 11.5. The molecule has 0 saturated carbocycles. The third-order valence-corrected chi connectivity index (χ3v) is 2.89. The molecule has 0 heterocycles. The van der Waals surface area contributed by atoms with Crippen LogP contribution in [0.5, 0.6) is 5.75 Å². The van der Waals surface area contributed by atoms with Crippen LogP contribution in [-0.4, -0.2) is 11.2 Å². The Hall–Kier alpha value is -1.49. The monoisotopic (exact) mass is 299 g/mol. The molecule has 1 amide bonds. The lowest BCUT2D eigenvalue weighted by Crippen LogP contribution is -2.37. The lowest BCUT2D eigenvalue weighted by Gasteiger charge is -2.24. The SMILES string of the molecule is O=C(NOC1(Cl)C=CC=C(Cl)C1)Oc1ccccc1. The minimum Gasteiger partial charge on any atom is -0.409 e. The molecule has 0 fully saturated rings. The van der Waals surface area contributed by atoms with Crippen molar-refractivity contribution in [2.75, 3.05) is 0 Å². The number of para-hydroxylation sites is 1. The number of benzene rings is 1. The van der Waals surface area contributed by atoms with Crippen molar-refractivity contribution in [3.05, 3.63) is 53.6 Å². The lowest BCUT2D eigenvalue weighted by molar-refractivity contribution is -0.0142. The fraction of sp³-hybridized carbons (Fsp3) is 0.154. The number of hydroxylamine groups is 1. The van der Waals surface area contributed by atoms with E-state index in [9.17, 15) is 4.79 Å². The van der Waals surface area contributed by atoms with Crippen molar-refractivity contribution in [2.24, 2.45) is 0 Å². The molecule has 0 saturated heterocycles. The molecule has 0 bridgehead atoms. The minimum absolute atomic E-state index is 0.262. The number of hydrogen-bond acceptors (Lipinski definition) is 3. The summed E-state index contributed by atoms with van der Waals surface area (Å²) in [5, 5.41) is -0.655. The Kier molecular flexibility index (Phi) is 4.47. The predicted molar refractivity (Wildman–Crippen MR) is 73.0 cm³/mol. The number of amides is 1. The Morgan fingerprint density at radius 3 is 2.74 bits per heavy atom. The average molecular weight is 300 g/mol. The number of halogens is 2. The molecular weight excluding hydrogens is 289 g/mol. The fourth-order valence-electron chi connectivity index (χ4n) is 1.46. The second kappa shape index (κ2) is 6.10. The van der Waals surface area contributed by atoms with Crippen LogP contribution in [0.4, 0.5) is 4.79 Å². The summed E-state index contributed by atoms with van der Waals surface area (Å²) in [4.78, 5) is 16.6. The highest BCUT2D eigenvalue weighted by Gasteiger charge is 2.29. The van der Waals surface area contributed by atoms with Crippen molar-refractivity contribution < 1.29 is 14.4 Å². The van der Waals surface area contributed by atoms with E-state index in [1.165, 1.54) is 0 Å². The van der Waals surface area contributed by atoms with Gasteiger partial charge in [0.15, 0.2) is 5.06 Å². The van der Waals surface area contributed by atoms with Crippen LogP contribution in [0.25, 0.3) is 0 Å². The summed E-state index contributed by atoms with van der Waals surface area (Å²) in [6.07, 6.45) is 4.45. The molecule has 2 rings (SSSR count). The summed E-state index contributed by atoms with van der Waals surface area (Å²) >= 11 is 12.0. The van der Waals surface area contributed by atoms with Crippen molar-refractivity contribution in [1.29, 1.82) is 0 Å². The zero-order chi connectivity index (χ0) is 13.7. The Morgan fingerprint density at radius 2 is 2.05 bits per heavy atom. The second-order valence-corrected chi connectivity index (χ2v) is 4.97. The van der Waals surface area contributed by atoms with Gasteiger partial charge in [-0.25, -0.2) is 9.63 Å². The van der Waals surface area contributed by atoms with Crippen molar-refractivity contribution in [1.82, 2.24) is 5.48 Å². The highest BCUT2D eigenvalue weighted by molar-refractivity contribution is 6.32. The van der Waals surface area contributed by atoms with Crippen molar-refractivity contribution in [3.8, 4) is 5.75 Å². The van der Waals surface area contributed by atoms with Gasteiger partial charge in [-0.2, -0.15) is 5.48 Å². The van der Waals surface area contributed by atoms with Crippen LogP contribution in [0.15, 0.2) is 53.6 Å². The van der Waals surface area contributed by atoms with Gasteiger partial charge in [0.25, 0.3) is 0 Å². The Balaban J connectivity index is 1.84. The standard InChI is InChI=1S/C13H11Cl2NO3/c14-10-5-4-8-13(15,9-10)19-16-12(17)18-11-6-2-1-3-7-11/h1-8H,9H2,(H,16,17). The zero-order valence-corrected chi connectivity index (χ0v) is 11.3. The molecule has 0 aliphatic heterocycles. The van der Waals surface area contributed by atoms with Gasteiger partial charge < -0.3 is 4.74 Å². The molecule has 6 heteroatoms. The van der Waals surface area contributed by atoms with Crippen LogP contribution in [0, 0.1) is 0 Å². The van der Waals surface area contributed by atoms with Gasteiger partial charge >= 0.3 is 6.09 Å². The average Bonchev–Trinajstić information content (AvgIpc) is 2.38. The minimum atomic E-state index is -1.19. The van der Waals surface area contributed by atoms with Gasteiger partial charge in [-0.15, -0.1) is 0 Å². The van der Waals surface area contributed by atoms with Crippen LogP contribution >= 0.6 is 23.2 Å². The number of rotatable bonds is 3. The summed E-state index contributed by atoms with van der Waals surface area (Å²) in [6.45, 7) is 0. The van der Waals surface area contributed by atoms with Gasteiger partial charge in [-0.1, -0.05) is 47.5 Å². The highest BCUT2D eigenvalue weighted by Crippen LogP contribution is 2.31. The number of alkyl halides is 1. The fourth-order valence-corrected chi connectivity index (χ4v) is 2.05. The molecule has 1 N–H and O–H groups in total. The third kappa shape index (κ3) is 4.28. The van der Waals surface area contributed by atoms with E-state index in [1.54, 1.807) is 42.5 Å². The van der Waals surface area contributed by atoms with E-state index in [4.69, 9.17) is 32.8 Å². The van der Waals surface area contributed by atoms with Gasteiger partial charge in [0.2, 0.25) is 0 Å². The summed E-state index contributed by atoms with van der Waals surface area (Å²) in [5.74, 6) is 0.407. The Morgan fingerprint density at radius 1 is 1.32 bits per heavy atom. The first-order valence-electron chi connectivity index (χ1n) is 5.51. The summed E-state index contributed by atoms with van der Waals surface area (Å²) in [7, 11) is 0. The second-order valence-electron chi connectivity index (χ2n) is 3.84. The molecule has 0 spiro atoms. The van der Waals surface area contributed by atoms with E-state index in [0.717, 1.165) is 0 Å². The maximum atomic E-state index is 11.5. The van der Waals surface area contributed by atoms with Gasteiger partial charge in [0.1, 0.15) is 5.75 Å². The first-order chi connectivity index (χ1) is 9.07. The first kappa shape index (κ1) is 13.9. The van der Waals surface area contributed by atoms with Gasteiger partial charge in [0, 0.05) is 11.5 Å². The highest BCUT2D eigenvalue weighted by atomic mass is 35.5. The molecule has 1 aromatic rings. The maximum Gasteiger partial charge on any atom is 0.436 e. The predicted octanol–water partition coefficient (Wildman–Crippen LogP) is 3.72. The molecule has 1 unspecified atom stereocenters. The molecule has 1 aliphatic rings. The number of carbonyl (C=O) groups excluding carboxylic acids is 1. The first-order valence-corrected chi connectivity index (χ1v) is 6.27. The topological polar surface area (TPSA) is 47.6 Å². The van der Waals surface area contributed by atoms with E-state index < -0.39 is 11.2 Å². The van der Waals surface area contributed by atoms with Crippen molar-refractivity contribution >= 4 is 29.3 Å². The Bertz CT molecular complexity index is 516. The van der Waals surface area contributed by atoms with Crippen molar-refractivity contribution in [3.63, 3.8) is 0 Å². The van der Waals surface area contributed by atoms with Gasteiger partial charge in [-0.05, 0) is 24.3 Å². The Labute approximate surface area is 120 Å². The summed E-state index contributed by atoms with van der Waals surface area (Å²) < 4.78 is 4.97. The van der Waals surface area contributed by atoms with E-state index in [1.807, 2.05) is 6.07 Å². The largest absolute Gasteiger partial charge is 0.436 e. The zero-order valence-electron chi connectivity index (χ0n) is 9.81. The number of nitrogens with one attached hydrogen (secondary N) is 1. The molecule has 1 aromatic carbocycles. The number of hydrogen-bond donors (Lipinski definition) is 1. The number of carbonyl (C=O) groups is 1. The van der Waals surface area contributed by atoms with Crippen LogP contribution in [0.3, 0.4) is 0 Å². The molecule has 1 atom stereocenters. The molecule has 100 valence electrons. The van der Waals surface area contributed by atoms with Gasteiger partial charge in [0.05, 0.1) is 0 Å². The van der Waals surface area contributed by atoms with Gasteiger partial charge in [-0.3, -0.25) is 0 Å². The molecule has 0 radical (unpaired) electrons. The van der Waals surface area contributed by atoms with Crippen LogP contribution in [0.1, 0.15) is 6.42 Å². The van der Waals surface area contributed by atoms with Crippen molar-refractivity contribution in [2.45, 2.75) is 11.5 Å². The normalized spacial score (nSPS) is 21.7. The van der Waals surface area contributed by atoms with E-state index in [-0.39, 0.29) is 6.42 Å². The van der Waals surface area contributed by atoms with E-state index in [0.29, 0.717) is 10.8 Å². The van der Waals surface area contributed by atoms with E-state index in [2.05, 4.69) is 5.48 Å². The number of allylic oxidation sites excluding steroid dienone is 2. The molecular formula is C13H11Cl2NO3. The van der Waals surface area contributed by atoms with Crippen LogP contribution in [0.2, 0.25) is 0 Å². The molecule has 19 heavy (non-hydrogen) atoms. The molecule has 1 aliphatic carbocycles. The lowest BCUT2D eigenvalue weighted by atomic mass is 10.1. The quantitative estimate of drug-likeness (QED) is 0.683. The smallest absolute Gasteiger partial charge is 0.409 e. The van der Waals surface area contributed by atoms with Crippen LogP contribution < -0.4 is 10.2 Å². The third-order valence-electron chi connectivity index (χ3n) is 2.29. The van der Waals surface area contributed by atoms with Crippen LogP contribution in [-0.2, 0) is 4.84 Å².